The second-order valence-corrected chi connectivity index (χ2v) is 13.5. The highest BCUT2D eigenvalue weighted by atomic mass is 19.4. The molecule has 0 spiro atoms. The van der Waals surface area contributed by atoms with Crippen molar-refractivity contribution in [3.8, 4) is 28.8 Å². The lowest BCUT2D eigenvalue weighted by molar-refractivity contribution is -0.884. The van der Waals surface area contributed by atoms with Gasteiger partial charge in [0.15, 0.2) is 5.76 Å². The van der Waals surface area contributed by atoms with Gasteiger partial charge in [-0.25, -0.2) is 23.8 Å². The van der Waals surface area contributed by atoms with E-state index in [1.165, 1.54) is 23.0 Å². The second-order valence-electron chi connectivity index (χ2n) is 13.5. The van der Waals surface area contributed by atoms with E-state index in [4.69, 9.17) is 4.42 Å². The van der Waals surface area contributed by atoms with Crippen LogP contribution in [0.5, 0.6) is 0 Å². The lowest BCUT2D eigenvalue weighted by Crippen LogP contribution is -2.42. The lowest BCUT2D eigenvalue weighted by atomic mass is 10.2. The number of rotatable bonds is 7. The third-order valence-corrected chi connectivity index (χ3v) is 8.40. The van der Waals surface area contributed by atoms with Gasteiger partial charge in [0.25, 0.3) is 0 Å². The molecule has 6 aromatic rings. The van der Waals surface area contributed by atoms with Gasteiger partial charge in [-0.1, -0.05) is 42.5 Å². The lowest BCUT2D eigenvalue weighted by Gasteiger charge is -2.22. The number of hydrogen-bond donors (Lipinski definition) is 1. The fourth-order valence-electron chi connectivity index (χ4n) is 5.82. The van der Waals surface area contributed by atoms with E-state index in [9.17, 15) is 28.0 Å². The molecule has 0 atom stereocenters. The molecule has 14 heteroatoms. The number of quaternary nitrogens is 1. The van der Waals surface area contributed by atoms with Crippen molar-refractivity contribution in [2.75, 3.05) is 21.1 Å². The van der Waals surface area contributed by atoms with E-state index in [0.29, 0.717) is 52.5 Å². The quantitative estimate of drug-likeness (QED) is 0.182. The molecule has 52 heavy (non-hydrogen) atoms. The van der Waals surface area contributed by atoms with Gasteiger partial charge in [-0.15, -0.1) is 0 Å². The molecule has 0 radical (unpaired) electrons. The van der Waals surface area contributed by atoms with Gasteiger partial charge in [-0.05, 0) is 68.3 Å². The van der Waals surface area contributed by atoms with Crippen LogP contribution >= 0.6 is 0 Å². The Morgan fingerprint density at radius 3 is 2.21 bits per heavy atom. The van der Waals surface area contributed by atoms with Crippen LogP contribution in [0.3, 0.4) is 0 Å². The summed E-state index contributed by atoms with van der Waals surface area (Å²) < 4.78 is 51.1. The number of benzene rings is 3. The van der Waals surface area contributed by atoms with E-state index >= 15 is 0 Å². The fourth-order valence-corrected chi connectivity index (χ4v) is 5.82. The zero-order chi connectivity index (χ0) is 37.3. The maximum absolute atomic E-state index is 14.1. The van der Waals surface area contributed by atoms with Crippen molar-refractivity contribution in [1.29, 1.82) is 5.26 Å². The topological polar surface area (TPSA) is 124 Å². The summed E-state index contributed by atoms with van der Waals surface area (Å²) in [6.45, 7) is 2.12. The third kappa shape index (κ3) is 7.45. The summed E-state index contributed by atoms with van der Waals surface area (Å²) in [4.78, 5) is 32.7. The van der Waals surface area contributed by atoms with Gasteiger partial charge in [0.1, 0.15) is 17.8 Å². The first kappa shape index (κ1) is 35.6. The standard InChI is InChI=1S/C32H29F3N8O3.C6H6/c1-20-27(26-12-15-38-42(26)23-10-8-21(17-36)9-11-23)41(30(45)40(20)24-7-5-6-22(16-24)32(33,34)35)29(44)39-31(13-14-31)28-37-18-25(46-28)19-43(2,3)4;1-2-4-6-5-3-1/h5-12,15-16,18H,13-14,19H2,1-4H3;1-6H/p+1. The molecular formula is C38H36F3N8O3+. The van der Waals surface area contributed by atoms with Crippen molar-refractivity contribution in [1.82, 2.24) is 29.2 Å². The molecule has 0 aliphatic heterocycles. The number of halogens is 3. The molecule has 1 saturated carbocycles. The van der Waals surface area contributed by atoms with Crippen LogP contribution in [-0.4, -0.2) is 55.6 Å². The first-order valence-electron chi connectivity index (χ1n) is 16.4. The summed E-state index contributed by atoms with van der Waals surface area (Å²) in [5.74, 6) is 0.953. The average Bonchev–Trinajstić information content (AvgIpc) is 3.39. The van der Waals surface area contributed by atoms with E-state index in [1.807, 2.05) is 57.5 Å². The minimum atomic E-state index is -4.65. The summed E-state index contributed by atoms with van der Waals surface area (Å²) in [5.41, 5.74) is -1.21. The average molecular weight is 710 g/mol. The summed E-state index contributed by atoms with van der Waals surface area (Å²) in [7, 11) is 6.01. The van der Waals surface area contributed by atoms with Crippen molar-refractivity contribution in [3.63, 3.8) is 0 Å². The number of nitrogens with one attached hydrogen (secondary N) is 1. The normalized spacial score (nSPS) is 13.5. The smallest absolute Gasteiger partial charge is 0.416 e. The Morgan fingerprint density at radius 2 is 1.63 bits per heavy atom. The Balaban J connectivity index is 0.000000703. The Kier molecular flexibility index (Phi) is 9.48. The molecule has 1 fully saturated rings. The highest BCUT2D eigenvalue weighted by Gasteiger charge is 2.51. The Bertz CT molecular complexity index is 2270. The number of carbonyl (C=O) groups excluding carboxylic acids is 1. The largest absolute Gasteiger partial charge is 0.437 e. The number of oxazole rings is 1. The monoisotopic (exact) mass is 709 g/mol. The summed E-state index contributed by atoms with van der Waals surface area (Å²) in [6, 6.07) is 25.7. The summed E-state index contributed by atoms with van der Waals surface area (Å²) in [5, 5.41) is 16.5. The summed E-state index contributed by atoms with van der Waals surface area (Å²) in [6.07, 6.45) is -0.518. The molecule has 1 amide bonds. The molecule has 3 aromatic carbocycles. The van der Waals surface area contributed by atoms with Crippen LogP contribution in [0.2, 0.25) is 0 Å². The van der Waals surface area contributed by atoms with Crippen LogP contribution in [0.25, 0.3) is 22.8 Å². The second kappa shape index (κ2) is 13.8. The minimum absolute atomic E-state index is 0.0617. The highest BCUT2D eigenvalue weighted by molar-refractivity contribution is 5.84. The minimum Gasteiger partial charge on any atom is -0.437 e. The molecule has 0 saturated heterocycles. The molecule has 11 nitrogen and oxygen atoms in total. The van der Waals surface area contributed by atoms with Gasteiger partial charge in [0.2, 0.25) is 5.89 Å². The molecule has 0 bridgehead atoms. The van der Waals surface area contributed by atoms with Gasteiger partial charge in [0, 0.05) is 0 Å². The number of hydrogen-bond acceptors (Lipinski definition) is 6. The number of alkyl halides is 3. The fraction of sp³-hybridized carbons (Fsp3) is 0.237. The van der Waals surface area contributed by atoms with Crippen LogP contribution in [0.15, 0.2) is 113 Å². The number of carbonyl (C=O) groups is 1. The molecule has 3 heterocycles. The first-order valence-corrected chi connectivity index (χ1v) is 16.4. The SMILES string of the molecule is Cc1c(-c2ccnn2-c2ccc(C#N)cc2)n(C(=O)NC2(c3ncc(C[N+](C)(C)C)o3)CC2)c(=O)n1-c1cccc(C(F)(F)F)c1.c1ccccc1. The van der Waals surface area contributed by atoms with Gasteiger partial charge in [-0.2, -0.15) is 23.5 Å². The third-order valence-electron chi connectivity index (χ3n) is 8.40. The van der Waals surface area contributed by atoms with Gasteiger partial charge < -0.3 is 14.2 Å². The van der Waals surface area contributed by atoms with Gasteiger partial charge in [-0.3, -0.25) is 4.57 Å². The van der Waals surface area contributed by atoms with Gasteiger partial charge in [0.05, 0.1) is 73.5 Å². The van der Waals surface area contributed by atoms with Crippen LogP contribution in [0.4, 0.5) is 18.0 Å². The Morgan fingerprint density at radius 1 is 0.981 bits per heavy atom. The molecule has 1 N–H and O–H groups in total. The van der Waals surface area contributed by atoms with Crippen LogP contribution in [-0.2, 0) is 18.3 Å². The molecular weight excluding hydrogens is 673 g/mol. The predicted octanol–water partition coefficient (Wildman–Crippen LogP) is 6.82. The molecule has 3 aromatic heterocycles. The first-order chi connectivity index (χ1) is 24.7. The van der Waals surface area contributed by atoms with Gasteiger partial charge >= 0.3 is 17.9 Å². The Labute approximate surface area is 297 Å². The van der Waals surface area contributed by atoms with Crippen molar-refractivity contribution in [2.45, 2.75) is 38.0 Å². The number of nitriles is 1. The Hall–Kier alpha value is -6.20. The molecule has 1 aliphatic carbocycles. The predicted molar refractivity (Wildman–Crippen MR) is 187 cm³/mol. The van der Waals surface area contributed by atoms with E-state index in [2.05, 4.69) is 21.5 Å². The zero-order valence-electron chi connectivity index (χ0n) is 28.9. The zero-order valence-corrected chi connectivity index (χ0v) is 28.9. The van der Waals surface area contributed by atoms with E-state index in [0.717, 1.165) is 21.3 Å². The molecule has 7 rings (SSSR count). The number of nitrogens with zero attached hydrogens (tertiary/aromatic N) is 7. The van der Waals surface area contributed by atoms with Crippen LogP contribution in [0.1, 0.15) is 41.3 Å². The van der Waals surface area contributed by atoms with Crippen molar-refractivity contribution in [2.24, 2.45) is 0 Å². The molecule has 266 valence electrons. The maximum Gasteiger partial charge on any atom is 0.416 e. The van der Waals surface area contributed by atoms with Crippen molar-refractivity contribution < 1.29 is 26.9 Å². The molecule has 0 unspecified atom stereocenters. The maximum atomic E-state index is 14.1. The van der Waals surface area contributed by atoms with Crippen molar-refractivity contribution >= 4 is 6.03 Å². The van der Waals surface area contributed by atoms with Crippen LogP contribution in [0, 0.1) is 18.3 Å². The van der Waals surface area contributed by atoms with E-state index in [-0.39, 0.29) is 17.1 Å². The number of aromatic nitrogens is 5. The molecule has 1 aliphatic rings. The van der Waals surface area contributed by atoms with E-state index in [1.54, 1.807) is 43.5 Å². The number of imidazole rings is 1. The van der Waals surface area contributed by atoms with E-state index < -0.39 is 29.0 Å². The number of amides is 1. The summed E-state index contributed by atoms with van der Waals surface area (Å²) >= 11 is 0. The highest BCUT2D eigenvalue weighted by Crippen LogP contribution is 2.45. The van der Waals surface area contributed by atoms with Crippen molar-refractivity contribution in [3.05, 3.63) is 142 Å². The van der Waals surface area contributed by atoms with Crippen LogP contribution < -0.4 is 11.0 Å².